The normalized spacial score (nSPS) is 14.2. The summed E-state index contributed by atoms with van der Waals surface area (Å²) in [6, 6.07) is 4.34. The van der Waals surface area contributed by atoms with E-state index in [1.54, 1.807) is 0 Å². The van der Waals surface area contributed by atoms with Crippen molar-refractivity contribution in [2.24, 2.45) is 0 Å². The van der Waals surface area contributed by atoms with Gasteiger partial charge in [0.15, 0.2) is 5.16 Å². The van der Waals surface area contributed by atoms with E-state index >= 15 is 0 Å². The van der Waals surface area contributed by atoms with Crippen LogP contribution in [0.3, 0.4) is 0 Å². The second kappa shape index (κ2) is 7.11. The summed E-state index contributed by atoms with van der Waals surface area (Å²) in [4.78, 5) is 12.1. The monoisotopic (exact) mass is 368 g/mol. The lowest BCUT2D eigenvalue weighted by Gasteiger charge is -2.13. The van der Waals surface area contributed by atoms with Crippen LogP contribution < -0.4 is 5.32 Å². The molecule has 8 heteroatoms. The predicted molar refractivity (Wildman–Crippen MR) is 93.1 cm³/mol. The number of halogens is 2. The van der Waals surface area contributed by atoms with Gasteiger partial charge < -0.3 is 9.88 Å². The van der Waals surface area contributed by atoms with Gasteiger partial charge in [0.2, 0.25) is 5.91 Å². The molecule has 128 valence electrons. The van der Waals surface area contributed by atoms with E-state index in [0.717, 1.165) is 23.8 Å². The van der Waals surface area contributed by atoms with Crippen molar-refractivity contribution in [3.63, 3.8) is 0 Å². The van der Waals surface area contributed by atoms with Crippen molar-refractivity contribution in [3.8, 4) is 0 Å². The molecule has 1 amide bonds. The Morgan fingerprint density at radius 2 is 2.21 bits per heavy atom. The lowest BCUT2D eigenvalue weighted by atomic mass is 10.3. The molecule has 0 aliphatic heterocycles. The van der Waals surface area contributed by atoms with E-state index in [4.69, 9.17) is 11.6 Å². The second-order valence-electron chi connectivity index (χ2n) is 6.04. The molecular formula is C16H18ClFN4OS. The summed E-state index contributed by atoms with van der Waals surface area (Å²) in [5.74, 6) is 1.00. The summed E-state index contributed by atoms with van der Waals surface area (Å²) < 4.78 is 15.2. The molecule has 24 heavy (non-hydrogen) atoms. The van der Waals surface area contributed by atoms with Gasteiger partial charge in [-0.3, -0.25) is 4.79 Å². The van der Waals surface area contributed by atoms with E-state index < -0.39 is 5.82 Å². The smallest absolute Gasteiger partial charge is 0.234 e. The van der Waals surface area contributed by atoms with E-state index in [2.05, 4.69) is 33.9 Å². The summed E-state index contributed by atoms with van der Waals surface area (Å²) in [6.45, 7) is 4.17. The van der Waals surface area contributed by atoms with Gasteiger partial charge in [0.05, 0.1) is 10.8 Å². The standard InChI is InChI=1S/C16H18ClFN4OS/c1-9(2)22-15(10-3-4-10)20-21-16(22)24-8-14(23)19-11-5-6-13(18)12(17)7-11/h5-7,9-10H,3-4,8H2,1-2H3,(H,19,23). The highest BCUT2D eigenvalue weighted by molar-refractivity contribution is 7.99. The van der Waals surface area contributed by atoms with E-state index in [1.807, 2.05) is 0 Å². The molecule has 0 bridgehead atoms. The summed E-state index contributed by atoms with van der Waals surface area (Å²) in [7, 11) is 0. The topological polar surface area (TPSA) is 59.8 Å². The fourth-order valence-corrected chi connectivity index (χ4v) is 3.45. The van der Waals surface area contributed by atoms with Gasteiger partial charge in [-0.2, -0.15) is 0 Å². The van der Waals surface area contributed by atoms with E-state index in [9.17, 15) is 9.18 Å². The van der Waals surface area contributed by atoms with Crippen molar-refractivity contribution in [1.29, 1.82) is 0 Å². The average molecular weight is 369 g/mol. The molecule has 1 aliphatic rings. The number of rotatable bonds is 6. The lowest BCUT2D eigenvalue weighted by molar-refractivity contribution is -0.113. The molecule has 0 radical (unpaired) electrons. The van der Waals surface area contributed by atoms with Crippen molar-refractivity contribution in [3.05, 3.63) is 34.9 Å². The number of anilines is 1. The van der Waals surface area contributed by atoms with Gasteiger partial charge in [-0.15, -0.1) is 10.2 Å². The molecule has 1 aromatic heterocycles. The first kappa shape index (κ1) is 17.2. The average Bonchev–Trinajstić information content (AvgIpc) is 3.28. The minimum absolute atomic E-state index is 0.0194. The van der Waals surface area contributed by atoms with Crippen LogP contribution in [0.5, 0.6) is 0 Å². The van der Waals surface area contributed by atoms with Gasteiger partial charge in [0, 0.05) is 17.6 Å². The van der Waals surface area contributed by atoms with E-state index in [1.165, 1.54) is 30.0 Å². The third-order valence-corrected chi connectivity index (χ3v) is 4.92. The number of amides is 1. The number of hydrogen-bond acceptors (Lipinski definition) is 4. The summed E-state index contributed by atoms with van der Waals surface area (Å²) >= 11 is 7.06. The molecule has 0 unspecified atom stereocenters. The highest BCUT2D eigenvalue weighted by Gasteiger charge is 2.31. The van der Waals surface area contributed by atoms with Crippen molar-refractivity contribution >= 4 is 35.0 Å². The van der Waals surface area contributed by atoms with Crippen LogP contribution in [-0.4, -0.2) is 26.4 Å². The largest absolute Gasteiger partial charge is 0.325 e. The molecule has 1 aliphatic carbocycles. The Balaban J connectivity index is 1.63. The van der Waals surface area contributed by atoms with Gasteiger partial charge in [0.25, 0.3) is 0 Å². The van der Waals surface area contributed by atoms with Gasteiger partial charge >= 0.3 is 0 Å². The van der Waals surface area contributed by atoms with Crippen LogP contribution in [0.4, 0.5) is 10.1 Å². The van der Waals surface area contributed by atoms with Crippen LogP contribution in [0.15, 0.2) is 23.4 Å². The number of carbonyl (C=O) groups excluding carboxylic acids is 1. The SMILES string of the molecule is CC(C)n1c(SCC(=O)Nc2ccc(F)c(Cl)c2)nnc1C1CC1. The van der Waals surface area contributed by atoms with Crippen LogP contribution in [0.25, 0.3) is 0 Å². The highest BCUT2D eigenvalue weighted by atomic mass is 35.5. The lowest BCUT2D eigenvalue weighted by Crippen LogP contribution is -2.15. The predicted octanol–water partition coefficient (Wildman–Crippen LogP) is 4.26. The summed E-state index contributed by atoms with van der Waals surface area (Å²) in [6.07, 6.45) is 2.31. The number of thioether (sulfide) groups is 1. The molecule has 0 spiro atoms. The van der Waals surface area contributed by atoms with Crippen LogP contribution in [-0.2, 0) is 4.79 Å². The van der Waals surface area contributed by atoms with E-state index in [0.29, 0.717) is 11.6 Å². The quantitative estimate of drug-likeness (QED) is 0.774. The zero-order valence-corrected chi connectivity index (χ0v) is 15.0. The van der Waals surface area contributed by atoms with Crippen molar-refractivity contribution in [2.75, 3.05) is 11.1 Å². The van der Waals surface area contributed by atoms with Crippen LogP contribution >= 0.6 is 23.4 Å². The Morgan fingerprint density at radius 1 is 1.46 bits per heavy atom. The Labute approximate surface area is 149 Å². The van der Waals surface area contributed by atoms with Gasteiger partial charge in [-0.25, -0.2) is 4.39 Å². The Bertz CT molecular complexity index is 761. The number of nitrogens with zero attached hydrogens (tertiary/aromatic N) is 3. The van der Waals surface area contributed by atoms with Crippen LogP contribution in [0.2, 0.25) is 5.02 Å². The van der Waals surface area contributed by atoms with Crippen molar-refractivity contribution < 1.29 is 9.18 Å². The van der Waals surface area contributed by atoms with Gasteiger partial charge in [-0.05, 0) is 44.9 Å². The molecule has 1 aromatic carbocycles. The van der Waals surface area contributed by atoms with Crippen molar-refractivity contribution in [2.45, 2.75) is 43.8 Å². The number of carbonyl (C=O) groups is 1. The molecule has 0 atom stereocenters. The Morgan fingerprint density at radius 3 is 2.83 bits per heavy atom. The third kappa shape index (κ3) is 3.89. The fraction of sp³-hybridized carbons (Fsp3) is 0.438. The molecule has 2 aromatic rings. The molecule has 5 nitrogen and oxygen atoms in total. The minimum Gasteiger partial charge on any atom is -0.325 e. The Hall–Kier alpha value is -1.60. The summed E-state index contributed by atoms with van der Waals surface area (Å²) in [5.41, 5.74) is 0.469. The first-order valence-corrected chi connectivity index (χ1v) is 9.14. The molecule has 1 heterocycles. The highest BCUT2D eigenvalue weighted by Crippen LogP contribution is 2.41. The molecule has 0 saturated heterocycles. The fourth-order valence-electron chi connectivity index (χ4n) is 2.39. The van der Waals surface area contributed by atoms with Gasteiger partial charge in [-0.1, -0.05) is 23.4 Å². The zero-order chi connectivity index (χ0) is 17.3. The number of hydrogen-bond donors (Lipinski definition) is 1. The second-order valence-corrected chi connectivity index (χ2v) is 7.39. The first-order valence-electron chi connectivity index (χ1n) is 7.78. The molecular weight excluding hydrogens is 351 g/mol. The minimum atomic E-state index is -0.512. The number of benzene rings is 1. The van der Waals surface area contributed by atoms with Gasteiger partial charge in [0.1, 0.15) is 11.6 Å². The number of nitrogens with one attached hydrogen (secondary N) is 1. The maximum atomic E-state index is 13.1. The maximum absolute atomic E-state index is 13.1. The summed E-state index contributed by atoms with van der Waals surface area (Å²) in [5, 5.41) is 11.9. The first-order chi connectivity index (χ1) is 11.5. The van der Waals surface area contributed by atoms with Crippen molar-refractivity contribution in [1.82, 2.24) is 14.8 Å². The number of aromatic nitrogens is 3. The van der Waals surface area contributed by atoms with E-state index in [-0.39, 0.29) is 22.7 Å². The molecule has 1 saturated carbocycles. The molecule has 3 rings (SSSR count). The molecule has 1 fully saturated rings. The van der Waals surface area contributed by atoms with Crippen LogP contribution in [0.1, 0.15) is 44.5 Å². The molecule has 1 N–H and O–H groups in total. The van der Waals surface area contributed by atoms with Crippen LogP contribution in [0, 0.1) is 5.82 Å². The Kier molecular flexibility index (Phi) is 5.10. The third-order valence-electron chi connectivity index (χ3n) is 3.69. The maximum Gasteiger partial charge on any atom is 0.234 e. The zero-order valence-electron chi connectivity index (χ0n) is 13.4.